The van der Waals surface area contributed by atoms with E-state index in [0.717, 1.165) is 13.2 Å². The van der Waals surface area contributed by atoms with Gasteiger partial charge in [-0.1, -0.05) is 0 Å². The summed E-state index contributed by atoms with van der Waals surface area (Å²) in [6.07, 6.45) is -3.69. The van der Waals surface area contributed by atoms with Crippen molar-refractivity contribution in [2.45, 2.75) is 12.8 Å². The Morgan fingerprint density at radius 3 is 2.74 bits per heavy atom. The van der Waals surface area contributed by atoms with Gasteiger partial charge >= 0.3 is 11.7 Å². The van der Waals surface area contributed by atoms with E-state index >= 15 is 0 Å². The maximum absolute atomic E-state index is 12.7. The van der Waals surface area contributed by atoms with Crippen LogP contribution >= 0.6 is 0 Å². The van der Waals surface area contributed by atoms with E-state index < -0.39 is 40.7 Å². The third-order valence-electron chi connectivity index (χ3n) is 2.14. The fourth-order valence-corrected chi connectivity index (χ4v) is 1.35. The summed E-state index contributed by atoms with van der Waals surface area (Å²) < 4.78 is 29.7. The smallest absolute Gasteiger partial charge is 0.314 e. The maximum Gasteiger partial charge on any atom is 0.314 e. The standard InChI is InChI=1S/C10H7F2N3O4/c1-19-7(16)3-6-2-5(4-13)9(15(17)18)8(14-6)10(11)12/h2,10H,3H2,1H3. The molecule has 0 saturated heterocycles. The minimum atomic E-state index is -3.23. The molecule has 9 heteroatoms. The molecule has 1 rings (SSSR count). The van der Waals surface area contributed by atoms with Gasteiger partial charge in [0.25, 0.3) is 6.43 Å². The lowest BCUT2D eigenvalue weighted by molar-refractivity contribution is -0.386. The quantitative estimate of drug-likeness (QED) is 0.466. The highest BCUT2D eigenvalue weighted by atomic mass is 19.3. The van der Waals surface area contributed by atoms with Crippen LogP contribution in [-0.2, 0) is 16.0 Å². The predicted molar refractivity (Wildman–Crippen MR) is 56.3 cm³/mol. The minimum Gasteiger partial charge on any atom is -0.469 e. The molecule has 1 aromatic rings. The predicted octanol–water partition coefficient (Wildman–Crippen LogP) is 1.51. The van der Waals surface area contributed by atoms with Gasteiger partial charge in [-0.3, -0.25) is 14.9 Å². The molecule has 0 aliphatic heterocycles. The Kier molecular flexibility index (Phi) is 4.41. The van der Waals surface area contributed by atoms with E-state index in [1.807, 2.05) is 0 Å². The van der Waals surface area contributed by atoms with Gasteiger partial charge < -0.3 is 4.74 Å². The molecule has 0 fully saturated rings. The first-order valence-electron chi connectivity index (χ1n) is 4.84. The molecule has 0 aliphatic rings. The second-order valence-corrected chi connectivity index (χ2v) is 3.32. The molecule has 0 amide bonds. The van der Waals surface area contributed by atoms with Crippen molar-refractivity contribution in [1.82, 2.24) is 4.98 Å². The van der Waals surface area contributed by atoms with Crippen molar-refractivity contribution in [3.63, 3.8) is 0 Å². The normalized spacial score (nSPS) is 10.1. The van der Waals surface area contributed by atoms with Gasteiger partial charge in [-0.25, -0.2) is 13.8 Å². The molecule has 0 saturated carbocycles. The molecule has 7 nitrogen and oxygen atoms in total. The van der Waals surface area contributed by atoms with Gasteiger partial charge in [0, 0.05) is 0 Å². The minimum absolute atomic E-state index is 0.190. The molecule has 19 heavy (non-hydrogen) atoms. The number of rotatable bonds is 4. The number of alkyl halides is 2. The number of hydrogen-bond acceptors (Lipinski definition) is 6. The van der Waals surface area contributed by atoms with Crippen LogP contribution < -0.4 is 0 Å². The Hall–Kier alpha value is -2.63. The lowest BCUT2D eigenvalue weighted by Crippen LogP contribution is -2.10. The number of nitriles is 1. The first kappa shape index (κ1) is 14.4. The van der Waals surface area contributed by atoms with Crippen LogP contribution in [0.15, 0.2) is 6.07 Å². The van der Waals surface area contributed by atoms with Crippen LogP contribution in [0.5, 0.6) is 0 Å². The second kappa shape index (κ2) is 5.81. The number of aromatic nitrogens is 1. The monoisotopic (exact) mass is 271 g/mol. The summed E-state index contributed by atoms with van der Waals surface area (Å²) in [4.78, 5) is 23.9. The van der Waals surface area contributed by atoms with Crippen LogP contribution in [0.4, 0.5) is 14.5 Å². The second-order valence-electron chi connectivity index (χ2n) is 3.32. The number of carbonyl (C=O) groups excluding carboxylic acids is 1. The van der Waals surface area contributed by atoms with Crippen molar-refractivity contribution >= 4 is 11.7 Å². The van der Waals surface area contributed by atoms with Crippen molar-refractivity contribution in [1.29, 1.82) is 5.26 Å². The molecule has 0 unspecified atom stereocenters. The van der Waals surface area contributed by atoms with Crippen molar-refractivity contribution in [2.24, 2.45) is 0 Å². The Morgan fingerprint density at radius 2 is 2.32 bits per heavy atom. The molecule has 100 valence electrons. The van der Waals surface area contributed by atoms with E-state index in [4.69, 9.17) is 5.26 Å². The fourth-order valence-electron chi connectivity index (χ4n) is 1.35. The number of nitrogens with zero attached hydrogens (tertiary/aromatic N) is 3. The van der Waals surface area contributed by atoms with E-state index in [1.165, 1.54) is 6.07 Å². The molecule has 0 bridgehead atoms. The Balaban J connectivity index is 3.41. The number of ether oxygens (including phenoxy) is 1. The largest absolute Gasteiger partial charge is 0.469 e. The Bertz CT molecular complexity index is 569. The van der Waals surface area contributed by atoms with Crippen molar-refractivity contribution in [2.75, 3.05) is 7.11 Å². The summed E-state index contributed by atoms with van der Waals surface area (Å²) in [7, 11) is 1.09. The average molecular weight is 271 g/mol. The number of halogens is 2. The van der Waals surface area contributed by atoms with E-state index in [2.05, 4.69) is 9.72 Å². The van der Waals surface area contributed by atoms with Crippen LogP contribution in [0.3, 0.4) is 0 Å². The molecule has 0 spiro atoms. The number of esters is 1. The van der Waals surface area contributed by atoms with Gasteiger partial charge in [0.2, 0.25) is 0 Å². The highest BCUT2D eigenvalue weighted by molar-refractivity contribution is 5.72. The molecule has 1 heterocycles. The molecule has 0 atom stereocenters. The van der Waals surface area contributed by atoms with Crippen molar-refractivity contribution < 1.29 is 23.2 Å². The van der Waals surface area contributed by atoms with Crippen LogP contribution in [0, 0.1) is 21.4 Å². The molecule has 0 N–H and O–H groups in total. The zero-order valence-electron chi connectivity index (χ0n) is 9.59. The maximum atomic E-state index is 12.7. The van der Waals surface area contributed by atoms with Gasteiger partial charge in [0.05, 0.1) is 24.1 Å². The summed E-state index contributed by atoms with van der Waals surface area (Å²) in [6, 6.07) is 2.35. The zero-order chi connectivity index (χ0) is 14.6. The van der Waals surface area contributed by atoms with Crippen molar-refractivity contribution in [3.05, 3.63) is 33.1 Å². The zero-order valence-corrected chi connectivity index (χ0v) is 9.59. The first-order valence-corrected chi connectivity index (χ1v) is 4.84. The van der Waals surface area contributed by atoms with E-state index in [-0.39, 0.29) is 5.69 Å². The Labute approximate surface area is 105 Å². The molecule has 1 aromatic heterocycles. The molecular weight excluding hydrogens is 264 g/mol. The number of nitro groups is 1. The number of hydrogen-bond donors (Lipinski definition) is 0. The summed E-state index contributed by atoms with van der Waals surface area (Å²) in [6.45, 7) is 0. The van der Waals surface area contributed by atoms with Crippen molar-refractivity contribution in [3.8, 4) is 6.07 Å². The van der Waals surface area contributed by atoms with Gasteiger partial charge in [-0.05, 0) is 6.07 Å². The van der Waals surface area contributed by atoms with Crippen LogP contribution in [0.1, 0.15) is 23.4 Å². The highest BCUT2D eigenvalue weighted by Crippen LogP contribution is 2.30. The third-order valence-corrected chi connectivity index (χ3v) is 2.14. The van der Waals surface area contributed by atoms with Gasteiger partial charge in [0.1, 0.15) is 11.6 Å². The molecule has 0 aromatic carbocycles. The SMILES string of the molecule is COC(=O)Cc1cc(C#N)c([N+](=O)[O-])c(C(F)F)n1. The van der Waals surface area contributed by atoms with Crippen LogP contribution in [0.25, 0.3) is 0 Å². The molecular formula is C10H7F2N3O4. The van der Waals surface area contributed by atoms with Gasteiger partial charge in [-0.2, -0.15) is 5.26 Å². The first-order chi connectivity index (χ1) is 8.90. The lowest BCUT2D eigenvalue weighted by Gasteiger charge is -2.06. The molecule has 0 aliphatic carbocycles. The summed E-state index contributed by atoms with van der Waals surface area (Å²) in [5.74, 6) is -0.759. The summed E-state index contributed by atoms with van der Waals surface area (Å²) in [5.41, 5.74) is -2.95. The van der Waals surface area contributed by atoms with Crippen LogP contribution in [-0.4, -0.2) is 23.0 Å². The topological polar surface area (TPSA) is 106 Å². The fraction of sp³-hybridized carbons (Fsp3) is 0.300. The number of methoxy groups -OCH3 is 1. The van der Waals surface area contributed by atoms with E-state index in [9.17, 15) is 23.7 Å². The lowest BCUT2D eigenvalue weighted by atomic mass is 10.1. The molecule has 0 radical (unpaired) electrons. The number of pyridine rings is 1. The van der Waals surface area contributed by atoms with Gasteiger partial charge in [0.15, 0.2) is 5.69 Å². The van der Waals surface area contributed by atoms with E-state index in [1.54, 1.807) is 0 Å². The third kappa shape index (κ3) is 3.19. The summed E-state index contributed by atoms with van der Waals surface area (Å²) in [5, 5.41) is 19.4. The highest BCUT2D eigenvalue weighted by Gasteiger charge is 2.29. The summed E-state index contributed by atoms with van der Waals surface area (Å²) >= 11 is 0. The van der Waals surface area contributed by atoms with Gasteiger partial charge in [-0.15, -0.1) is 0 Å². The average Bonchev–Trinajstić information content (AvgIpc) is 2.36. The van der Waals surface area contributed by atoms with Crippen LogP contribution in [0.2, 0.25) is 0 Å². The Morgan fingerprint density at radius 1 is 1.68 bits per heavy atom. The van der Waals surface area contributed by atoms with E-state index in [0.29, 0.717) is 0 Å². The number of carbonyl (C=O) groups is 1.